The minimum Gasteiger partial charge on any atom is -0.489 e. The second-order valence-electron chi connectivity index (χ2n) is 5.37. The van der Waals surface area contributed by atoms with E-state index in [9.17, 15) is 4.79 Å². The average Bonchev–Trinajstić information content (AvgIpc) is 3.09. The van der Waals surface area contributed by atoms with Gasteiger partial charge in [-0.1, -0.05) is 0 Å². The third kappa shape index (κ3) is 1.60. The van der Waals surface area contributed by atoms with Gasteiger partial charge in [-0.3, -0.25) is 0 Å². The number of benzene rings is 1. The van der Waals surface area contributed by atoms with E-state index in [0.717, 1.165) is 36.2 Å². The summed E-state index contributed by atoms with van der Waals surface area (Å²) in [5, 5.41) is 3.40. The van der Waals surface area contributed by atoms with E-state index in [1.165, 1.54) is 6.42 Å². The number of esters is 1. The van der Waals surface area contributed by atoms with Crippen LogP contribution in [-0.2, 0) is 11.3 Å². The Morgan fingerprint density at radius 2 is 2.28 bits per heavy atom. The summed E-state index contributed by atoms with van der Waals surface area (Å²) in [5.74, 6) is 2.16. The van der Waals surface area contributed by atoms with Crippen molar-refractivity contribution in [3.63, 3.8) is 0 Å². The van der Waals surface area contributed by atoms with Crippen LogP contribution in [0.1, 0.15) is 22.3 Å². The van der Waals surface area contributed by atoms with Crippen LogP contribution in [0.2, 0.25) is 0 Å². The monoisotopic (exact) mass is 245 g/mol. The van der Waals surface area contributed by atoms with Gasteiger partial charge in [0.1, 0.15) is 18.5 Å². The molecule has 3 aliphatic rings. The van der Waals surface area contributed by atoms with Crippen molar-refractivity contribution in [1.29, 1.82) is 0 Å². The van der Waals surface area contributed by atoms with Gasteiger partial charge >= 0.3 is 5.97 Å². The lowest BCUT2D eigenvalue weighted by atomic mass is 10.1. The molecular weight excluding hydrogens is 230 g/mol. The first kappa shape index (κ1) is 10.4. The molecule has 1 N–H and O–H groups in total. The summed E-state index contributed by atoms with van der Waals surface area (Å²) in [6.45, 7) is 2.44. The molecule has 18 heavy (non-hydrogen) atoms. The van der Waals surface area contributed by atoms with Crippen LogP contribution >= 0.6 is 0 Å². The number of carbonyl (C=O) groups is 1. The third-order valence-corrected chi connectivity index (χ3v) is 4.15. The fourth-order valence-electron chi connectivity index (χ4n) is 3.01. The van der Waals surface area contributed by atoms with Crippen molar-refractivity contribution in [3.8, 4) is 5.75 Å². The van der Waals surface area contributed by atoms with Gasteiger partial charge in [0.05, 0.1) is 5.56 Å². The molecule has 4 heteroatoms. The molecule has 2 fully saturated rings. The first-order chi connectivity index (χ1) is 8.81. The first-order valence-corrected chi connectivity index (χ1v) is 6.49. The number of piperidine rings is 1. The Labute approximate surface area is 105 Å². The maximum atomic E-state index is 11.4. The zero-order chi connectivity index (χ0) is 12.1. The molecule has 1 aromatic rings. The summed E-state index contributed by atoms with van der Waals surface area (Å²) in [5.41, 5.74) is 1.61. The van der Waals surface area contributed by atoms with Crippen molar-refractivity contribution in [2.24, 2.45) is 11.8 Å². The first-order valence-electron chi connectivity index (χ1n) is 6.49. The molecule has 4 nitrogen and oxygen atoms in total. The minimum absolute atomic E-state index is 0.224. The molecule has 0 spiro atoms. The molecule has 4 rings (SSSR count). The van der Waals surface area contributed by atoms with Crippen LogP contribution in [0.3, 0.4) is 0 Å². The number of ether oxygens (including phenoxy) is 2. The van der Waals surface area contributed by atoms with E-state index in [2.05, 4.69) is 5.32 Å². The van der Waals surface area contributed by atoms with Gasteiger partial charge in [0.15, 0.2) is 0 Å². The van der Waals surface area contributed by atoms with E-state index >= 15 is 0 Å². The number of hydrogen-bond acceptors (Lipinski definition) is 4. The number of cyclic esters (lactones) is 1. The van der Waals surface area contributed by atoms with E-state index in [-0.39, 0.29) is 12.1 Å². The number of fused-ring (bicyclic) bond motifs is 2. The molecule has 94 valence electrons. The molecule has 2 aliphatic heterocycles. The van der Waals surface area contributed by atoms with E-state index in [1.54, 1.807) is 6.07 Å². The molecule has 2 heterocycles. The highest BCUT2D eigenvalue weighted by molar-refractivity contribution is 5.93. The summed E-state index contributed by atoms with van der Waals surface area (Å²) in [4.78, 5) is 11.4. The van der Waals surface area contributed by atoms with E-state index in [1.807, 2.05) is 12.1 Å². The van der Waals surface area contributed by atoms with Crippen LogP contribution in [0, 0.1) is 11.8 Å². The lowest BCUT2D eigenvalue weighted by Gasteiger charge is -2.23. The average molecular weight is 245 g/mol. The summed E-state index contributed by atoms with van der Waals surface area (Å²) in [6.07, 6.45) is 1.56. The fourth-order valence-corrected chi connectivity index (χ4v) is 3.01. The van der Waals surface area contributed by atoms with E-state index < -0.39 is 0 Å². The number of carbonyl (C=O) groups excluding carboxylic acids is 1. The van der Waals surface area contributed by atoms with Gasteiger partial charge in [0.25, 0.3) is 0 Å². The number of nitrogens with one attached hydrogen (secondary N) is 1. The largest absolute Gasteiger partial charge is 0.489 e. The summed E-state index contributed by atoms with van der Waals surface area (Å²) < 4.78 is 11.0. The van der Waals surface area contributed by atoms with Crippen LogP contribution in [-0.4, -0.2) is 25.2 Å². The molecule has 1 saturated heterocycles. The maximum Gasteiger partial charge on any atom is 0.338 e. The predicted molar refractivity (Wildman–Crippen MR) is 64.4 cm³/mol. The van der Waals surface area contributed by atoms with E-state index in [0.29, 0.717) is 12.2 Å². The van der Waals surface area contributed by atoms with Crippen LogP contribution in [0.25, 0.3) is 0 Å². The molecule has 0 amide bonds. The van der Waals surface area contributed by atoms with Gasteiger partial charge in [-0.2, -0.15) is 0 Å². The van der Waals surface area contributed by atoms with Crippen molar-refractivity contribution in [3.05, 3.63) is 29.3 Å². The zero-order valence-electron chi connectivity index (χ0n) is 10.0. The van der Waals surface area contributed by atoms with Crippen LogP contribution in [0.5, 0.6) is 5.75 Å². The predicted octanol–water partition coefficient (Wildman–Crippen LogP) is 1.34. The highest BCUT2D eigenvalue weighted by atomic mass is 16.5. The quantitative estimate of drug-likeness (QED) is 0.799. The Kier molecular flexibility index (Phi) is 2.14. The molecule has 1 aromatic carbocycles. The van der Waals surface area contributed by atoms with Gasteiger partial charge in [0.2, 0.25) is 0 Å². The Balaban J connectivity index is 1.53. The Bertz CT molecular complexity index is 514. The van der Waals surface area contributed by atoms with Gasteiger partial charge < -0.3 is 14.8 Å². The second-order valence-corrected chi connectivity index (χ2v) is 5.37. The maximum absolute atomic E-state index is 11.4. The molecule has 1 aliphatic carbocycles. The van der Waals surface area contributed by atoms with Crippen molar-refractivity contribution >= 4 is 5.97 Å². The lowest BCUT2D eigenvalue weighted by Crippen LogP contribution is -2.39. The molecule has 1 saturated carbocycles. The van der Waals surface area contributed by atoms with Gasteiger partial charge in [-0.25, -0.2) is 4.79 Å². The minimum atomic E-state index is -0.224. The van der Waals surface area contributed by atoms with Crippen LogP contribution < -0.4 is 10.1 Å². The van der Waals surface area contributed by atoms with Gasteiger partial charge in [-0.15, -0.1) is 0 Å². The van der Waals surface area contributed by atoms with Crippen LogP contribution in [0.15, 0.2) is 18.2 Å². The van der Waals surface area contributed by atoms with Crippen molar-refractivity contribution in [2.75, 3.05) is 13.1 Å². The van der Waals surface area contributed by atoms with Crippen molar-refractivity contribution in [2.45, 2.75) is 19.1 Å². The fraction of sp³-hybridized carbons (Fsp3) is 0.500. The highest BCUT2D eigenvalue weighted by Crippen LogP contribution is 2.44. The molecular formula is C14H15NO3. The summed E-state index contributed by atoms with van der Waals surface area (Å²) >= 11 is 0. The normalized spacial score (nSPS) is 32.4. The molecule has 0 bridgehead atoms. The molecule has 0 aromatic heterocycles. The standard InChI is InChI=1S/C14H15NO3/c16-14-11-2-1-10(3-9(11)7-17-14)18-13-6-15-5-8-4-12(8)13/h1-3,8,12-13,15H,4-7H2/t8-,12-,13-/m1/s1. The van der Waals surface area contributed by atoms with E-state index in [4.69, 9.17) is 9.47 Å². The summed E-state index contributed by atoms with van der Waals surface area (Å²) in [7, 11) is 0. The lowest BCUT2D eigenvalue weighted by molar-refractivity contribution is 0.0535. The topological polar surface area (TPSA) is 47.6 Å². The zero-order valence-corrected chi connectivity index (χ0v) is 10.0. The summed E-state index contributed by atoms with van der Waals surface area (Å²) in [6, 6.07) is 5.62. The highest BCUT2D eigenvalue weighted by Gasteiger charge is 2.46. The second kappa shape index (κ2) is 3.72. The van der Waals surface area contributed by atoms with Crippen molar-refractivity contribution < 1.29 is 14.3 Å². The van der Waals surface area contributed by atoms with Gasteiger partial charge in [-0.05, 0) is 37.1 Å². The van der Waals surface area contributed by atoms with Crippen molar-refractivity contribution in [1.82, 2.24) is 5.32 Å². The smallest absolute Gasteiger partial charge is 0.338 e. The third-order valence-electron chi connectivity index (χ3n) is 4.15. The number of hydrogen-bond donors (Lipinski definition) is 1. The molecule has 0 unspecified atom stereocenters. The Morgan fingerprint density at radius 1 is 1.33 bits per heavy atom. The van der Waals surface area contributed by atoms with Crippen LogP contribution in [0.4, 0.5) is 0 Å². The Morgan fingerprint density at radius 3 is 3.22 bits per heavy atom. The molecule has 0 radical (unpaired) electrons. The van der Waals surface area contributed by atoms with Gasteiger partial charge in [0, 0.05) is 18.0 Å². The SMILES string of the molecule is O=C1OCc2cc(O[C@@H]3CNC[C@H]4C[C@H]43)ccc21. The number of rotatable bonds is 2. The molecule has 3 atom stereocenters. The Hall–Kier alpha value is -1.55.